The van der Waals surface area contributed by atoms with Gasteiger partial charge in [0, 0.05) is 25.6 Å². The zero-order chi connectivity index (χ0) is 20.6. The van der Waals surface area contributed by atoms with E-state index < -0.39 is 5.82 Å². The highest BCUT2D eigenvalue weighted by Crippen LogP contribution is 2.33. The van der Waals surface area contributed by atoms with Gasteiger partial charge in [-0.3, -0.25) is 0 Å². The summed E-state index contributed by atoms with van der Waals surface area (Å²) in [7, 11) is 0. The van der Waals surface area contributed by atoms with Crippen LogP contribution in [0.5, 0.6) is 5.75 Å². The summed E-state index contributed by atoms with van der Waals surface area (Å²) in [4.78, 5) is 4.55. The second kappa shape index (κ2) is 12.1. The fourth-order valence-electron chi connectivity index (χ4n) is 3.57. The minimum Gasteiger partial charge on any atom is -0.505 e. The zero-order valence-electron chi connectivity index (χ0n) is 17.5. The summed E-state index contributed by atoms with van der Waals surface area (Å²) in [6.07, 6.45) is 2.22. The number of ether oxygens (including phenoxy) is 1. The maximum atomic E-state index is 13.5. The average Bonchev–Trinajstić information content (AvgIpc) is 2.73. The summed E-state index contributed by atoms with van der Waals surface area (Å²) >= 11 is 0. The Labute approximate surface area is 195 Å². The van der Waals surface area contributed by atoms with Crippen LogP contribution in [0.25, 0.3) is 0 Å². The van der Waals surface area contributed by atoms with Crippen molar-refractivity contribution >= 4 is 29.9 Å². The first-order chi connectivity index (χ1) is 14.1. The molecule has 5 nitrogen and oxygen atoms in total. The molecule has 0 amide bonds. The zero-order valence-corrected chi connectivity index (χ0v) is 19.9. The van der Waals surface area contributed by atoms with Crippen LogP contribution in [0.2, 0.25) is 0 Å². The summed E-state index contributed by atoms with van der Waals surface area (Å²) in [6.45, 7) is 6.69. The Bertz CT molecular complexity index is 830. The quantitative estimate of drug-likeness (QED) is 0.290. The van der Waals surface area contributed by atoms with Crippen molar-refractivity contribution in [2.24, 2.45) is 10.9 Å². The molecule has 1 heterocycles. The Morgan fingerprint density at radius 3 is 2.67 bits per heavy atom. The number of halogens is 2. The third kappa shape index (κ3) is 6.84. The second-order valence-corrected chi connectivity index (χ2v) is 7.47. The van der Waals surface area contributed by atoms with Gasteiger partial charge in [-0.25, -0.2) is 9.38 Å². The number of nitrogens with zero attached hydrogens (tertiary/aromatic N) is 1. The number of guanidine groups is 1. The smallest absolute Gasteiger partial charge is 0.191 e. The third-order valence-corrected chi connectivity index (χ3v) is 5.16. The van der Waals surface area contributed by atoms with Crippen LogP contribution in [0, 0.1) is 18.7 Å². The molecule has 0 spiro atoms. The molecule has 3 N–H and O–H groups in total. The number of phenolic OH excluding ortho intramolecular Hbond substituents is 1. The van der Waals surface area contributed by atoms with E-state index in [1.807, 2.05) is 6.92 Å². The topological polar surface area (TPSA) is 65.9 Å². The summed E-state index contributed by atoms with van der Waals surface area (Å²) in [5, 5.41) is 16.0. The van der Waals surface area contributed by atoms with Crippen LogP contribution in [-0.4, -0.2) is 30.8 Å². The highest BCUT2D eigenvalue weighted by molar-refractivity contribution is 14.0. The lowest BCUT2D eigenvalue weighted by atomic mass is 9.89. The molecule has 0 aromatic heterocycles. The van der Waals surface area contributed by atoms with E-state index in [1.165, 1.54) is 23.3 Å². The van der Waals surface area contributed by atoms with Crippen molar-refractivity contribution in [2.45, 2.75) is 39.3 Å². The van der Waals surface area contributed by atoms with Gasteiger partial charge in [-0.05, 0) is 49.9 Å². The number of phenols is 1. The number of aryl methyl sites for hydroxylation is 1. The van der Waals surface area contributed by atoms with Crippen molar-refractivity contribution in [2.75, 3.05) is 19.7 Å². The number of aromatic hydroxyl groups is 1. The van der Waals surface area contributed by atoms with E-state index in [4.69, 9.17) is 4.74 Å². The lowest BCUT2D eigenvalue weighted by molar-refractivity contribution is -0.0265. The Hall–Kier alpha value is -1.87. The molecule has 2 atom stereocenters. The Kier molecular flexibility index (Phi) is 9.84. The molecule has 3 rings (SSSR count). The molecule has 0 radical (unpaired) electrons. The normalized spacial score (nSPS) is 19.1. The molecule has 1 fully saturated rings. The maximum Gasteiger partial charge on any atom is 0.191 e. The first-order valence-corrected chi connectivity index (χ1v) is 10.2. The molecule has 7 heteroatoms. The van der Waals surface area contributed by atoms with E-state index in [2.05, 4.69) is 46.8 Å². The van der Waals surface area contributed by atoms with E-state index in [-0.39, 0.29) is 35.8 Å². The highest BCUT2D eigenvalue weighted by atomic mass is 127. The van der Waals surface area contributed by atoms with Crippen molar-refractivity contribution in [3.63, 3.8) is 0 Å². The molecule has 0 bridgehead atoms. The number of hydrogen-bond acceptors (Lipinski definition) is 3. The van der Waals surface area contributed by atoms with Gasteiger partial charge < -0.3 is 20.5 Å². The van der Waals surface area contributed by atoms with Crippen LogP contribution in [0.15, 0.2) is 47.5 Å². The standard InChI is InChI=1S/C23H30FN3O2.HI/c1-3-25-23(26-14-17-8-11-21(28)20(24)13-17)27-15-19-5-4-12-29-22(19)18-9-6-16(2)7-10-18;/h6-11,13,19,22,28H,3-5,12,14-15H2,1-2H3,(H2,25,26,27);1H. The fraction of sp³-hybridized carbons (Fsp3) is 0.435. The van der Waals surface area contributed by atoms with Crippen LogP contribution in [0.1, 0.15) is 42.6 Å². The fourth-order valence-corrected chi connectivity index (χ4v) is 3.57. The summed E-state index contributed by atoms with van der Waals surface area (Å²) in [6, 6.07) is 12.9. The average molecular weight is 527 g/mol. The van der Waals surface area contributed by atoms with Gasteiger partial charge in [0.25, 0.3) is 0 Å². The summed E-state index contributed by atoms with van der Waals surface area (Å²) in [5.41, 5.74) is 3.16. The van der Waals surface area contributed by atoms with E-state index in [9.17, 15) is 9.50 Å². The summed E-state index contributed by atoms with van der Waals surface area (Å²) < 4.78 is 19.6. The van der Waals surface area contributed by atoms with Gasteiger partial charge in [0.05, 0.1) is 12.6 Å². The van der Waals surface area contributed by atoms with Crippen molar-refractivity contribution in [1.29, 1.82) is 0 Å². The minimum atomic E-state index is -0.629. The van der Waals surface area contributed by atoms with Gasteiger partial charge in [0.1, 0.15) is 0 Å². The largest absolute Gasteiger partial charge is 0.505 e. The molecule has 30 heavy (non-hydrogen) atoms. The van der Waals surface area contributed by atoms with Gasteiger partial charge in [0.2, 0.25) is 0 Å². The molecule has 164 valence electrons. The Balaban J connectivity index is 0.00000320. The van der Waals surface area contributed by atoms with Gasteiger partial charge in [-0.1, -0.05) is 35.9 Å². The van der Waals surface area contributed by atoms with Gasteiger partial charge in [0.15, 0.2) is 17.5 Å². The van der Waals surface area contributed by atoms with E-state index in [0.29, 0.717) is 24.0 Å². The molecule has 2 aromatic rings. The molecular formula is C23H31FIN3O2. The van der Waals surface area contributed by atoms with Crippen LogP contribution in [0.3, 0.4) is 0 Å². The number of nitrogens with one attached hydrogen (secondary N) is 2. The first-order valence-electron chi connectivity index (χ1n) is 10.2. The maximum absolute atomic E-state index is 13.5. The number of aliphatic imine (C=N–C) groups is 1. The lowest BCUT2D eigenvalue weighted by Crippen LogP contribution is -2.42. The highest BCUT2D eigenvalue weighted by Gasteiger charge is 2.27. The third-order valence-electron chi connectivity index (χ3n) is 5.16. The monoisotopic (exact) mass is 527 g/mol. The molecule has 0 aliphatic carbocycles. The molecule has 1 saturated heterocycles. The second-order valence-electron chi connectivity index (χ2n) is 7.47. The SMILES string of the molecule is CCNC(=NCc1ccc(O)c(F)c1)NCC1CCCOC1c1ccc(C)cc1.I. The summed E-state index contributed by atoms with van der Waals surface area (Å²) in [5.74, 6) is 0.0637. The van der Waals surface area contributed by atoms with Gasteiger partial charge >= 0.3 is 0 Å². The molecular weight excluding hydrogens is 496 g/mol. The van der Waals surface area contributed by atoms with Crippen LogP contribution >= 0.6 is 24.0 Å². The van der Waals surface area contributed by atoms with Crippen molar-refractivity contribution < 1.29 is 14.2 Å². The van der Waals surface area contributed by atoms with E-state index in [0.717, 1.165) is 32.5 Å². The van der Waals surface area contributed by atoms with Crippen molar-refractivity contribution in [3.8, 4) is 5.75 Å². The number of hydrogen-bond donors (Lipinski definition) is 3. The van der Waals surface area contributed by atoms with Gasteiger partial charge in [-0.15, -0.1) is 24.0 Å². The Morgan fingerprint density at radius 1 is 1.20 bits per heavy atom. The van der Waals surface area contributed by atoms with Crippen molar-refractivity contribution in [3.05, 3.63) is 65.0 Å². The van der Waals surface area contributed by atoms with Crippen molar-refractivity contribution in [1.82, 2.24) is 10.6 Å². The molecule has 1 aliphatic heterocycles. The predicted octanol–water partition coefficient (Wildman–Crippen LogP) is 4.68. The van der Waals surface area contributed by atoms with Crippen LogP contribution < -0.4 is 10.6 Å². The molecule has 2 unspecified atom stereocenters. The van der Waals surface area contributed by atoms with Crippen LogP contribution in [-0.2, 0) is 11.3 Å². The molecule has 1 aliphatic rings. The number of benzene rings is 2. The lowest BCUT2D eigenvalue weighted by Gasteiger charge is -2.32. The Morgan fingerprint density at radius 2 is 1.97 bits per heavy atom. The van der Waals surface area contributed by atoms with E-state index >= 15 is 0 Å². The van der Waals surface area contributed by atoms with Crippen LogP contribution in [0.4, 0.5) is 4.39 Å². The van der Waals surface area contributed by atoms with Gasteiger partial charge in [-0.2, -0.15) is 0 Å². The first kappa shape index (κ1) is 24.4. The van der Waals surface area contributed by atoms with E-state index in [1.54, 1.807) is 6.07 Å². The minimum absolute atomic E-state index is 0. The predicted molar refractivity (Wildman–Crippen MR) is 129 cm³/mol. The number of rotatable bonds is 6. The molecule has 2 aromatic carbocycles. The molecule has 0 saturated carbocycles.